The van der Waals surface area contributed by atoms with E-state index >= 15 is 0 Å². The van der Waals surface area contributed by atoms with Gasteiger partial charge in [0.25, 0.3) is 0 Å². The molecule has 27 heavy (non-hydrogen) atoms. The van der Waals surface area contributed by atoms with Crippen molar-refractivity contribution in [2.45, 2.75) is 27.7 Å². The number of carbonyl (C=O) groups is 1. The third-order valence-corrected chi connectivity index (χ3v) is 4.66. The highest BCUT2D eigenvalue weighted by Crippen LogP contribution is 2.31. The predicted octanol–water partition coefficient (Wildman–Crippen LogP) is 5.87. The number of rotatable bonds is 5. The molecule has 0 aliphatic carbocycles. The van der Waals surface area contributed by atoms with E-state index in [-0.39, 0.29) is 5.56 Å². The Balaban J connectivity index is 2.07. The summed E-state index contributed by atoms with van der Waals surface area (Å²) in [5.41, 5.74) is 6.64. The summed E-state index contributed by atoms with van der Waals surface area (Å²) >= 11 is 0. The first-order valence-corrected chi connectivity index (χ1v) is 8.93. The van der Waals surface area contributed by atoms with Crippen LogP contribution < -0.4 is 0 Å². The van der Waals surface area contributed by atoms with Gasteiger partial charge in [-0.2, -0.15) is 10.2 Å². The lowest BCUT2D eigenvalue weighted by atomic mass is 9.98. The Morgan fingerprint density at radius 3 is 2.15 bits per heavy atom. The fraction of sp³-hybridized carbons (Fsp3) is 0.227. The molecule has 0 fully saturated rings. The van der Waals surface area contributed by atoms with E-state index in [9.17, 15) is 9.90 Å². The van der Waals surface area contributed by atoms with Crippen LogP contribution in [0.3, 0.4) is 0 Å². The monoisotopic (exact) mass is 361 g/mol. The van der Waals surface area contributed by atoms with E-state index in [4.69, 9.17) is 0 Å². The maximum absolute atomic E-state index is 11.6. The molecule has 3 aromatic rings. The first-order chi connectivity index (χ1) is 12.9. The number of aromatic nitrogens is 1. The van der Waals surface area contributed by atoms with Gasteiger partial charge in [-0.1, -0.05) is 12.1 Å². The molecule has 0 atom stereocenters. The van der Waals surface area contributed by atoms with Crippen LogP contribution in [0.25, 0.3) is 16.8 Å². The van der Waals surface area contributed by atoms with E-state index in [1.165, 1.54) is 11.4 Å². The lowest BCUT2D eigenvalue weighted by Crippen LogP contribution is -2.01. The minimum atomic E-state index is -0.961. The summed E-state index contributed by atoms with van der Waals surface area (Å²) in [7, 11) is 0. The highest BCUT2D eigenvalue weighted by Gasteiger charge is 2.14. The van der Waals surface area contributed by atoms with Gasteiger partial charge >= 0.3 is 5.97 Å². The third kappa shape index (κ3) is 3.67. The van der Waals surface area contributed by atoms with Gasteiger partial charge < -0.3 is 9.67 Å². The van der Waals surface area contributed by atoms with E-state index in [1.807, 2.05) is 37.3 Å². The van der Waals surface area contributed by atoms with Gasteiger partial charge in [-0.15, -0.1) is 0 Å². The molecular formula is C22H23N3O2. The molecule has 0 amide bonds. The van der Waals surface area contributed by atoms with Gasteiger partial charge in [-0.25, -0.2) is 4.79 Å². The molecule has 0 unspecified atom stereocenters. The Morgan fingerprint density at radius 1 is 0.963 bits per heavy atom. The van der Waals surface area contributed by atoms with Crippen LogP contribution in [-0.2, 0) is 0 Å². The highest BCUT2D eigenvalue weighted by molar-refractivity contribution is 5.93. The van der Waals surface area contributed by atoms with Gasteiger partial charge in [0.05, 0.1) is 17.8 Å². The van der Waals surface area contributed by atoms with Crippen LogP contribution in [0.5, 0.6) is 0 Å². The summed E-state index contributed by atoms with van der Waals surface area (Å²) in [6, 6.07) is 15.9. The number of hydrogen-bond donors (Lipinski definition) is 1. The number of aromatic carboxylic acids is 1. The van der Waals surface area contributed by atoms with E-state index in [0.29, 0.717) is 17.8 Å². The summed E-state index contributed by atoms with van der Waals surface area (Å²) in [4.78, 5) is 11.6. The first-order valence-electron chi connectivity index (χ1n) is 8.93. The number of benzene rings is 2. The molecule has 1 heterocycles. The Morgan fingerprint density at radius 2 is 1.59 bits per heavy atom. The molecule has 0 spiro atoms. The van der Waals surface area contributed by atoms with Crippen molar-refractivity contribution >= 4 is 11.7 Å². The van der Waals surface area contributed by atoms with Crippen molar-refractivity contribution in [3.05, 3.63) is 71.0 Å². The zero-order chi connectivity index (χ0) is 19.6. The second-order valence-corrected chi connectivity index (χ2v) is 6.53. The van der Waals surface area contributed by atoms with Crippen LogP contribution in [0.2, 0.25) is 0 Å². The van der Waals surface area contributed by atoms with Crippen molar-refractivity contribution in [3.8, 4) is 16.8 Å². The molecular weight excluding hydrogens is 338 g/mol. The third-order valence-electron chi connectivity index (χ3n) is 4.66. The molecule has 3 rings (SSSR count). The Labute approximate surface area is 159 Å². The van der Waals surface area contributed by atoms with Crippen LogP contribution in [0.15, 0.2) is 58.8 Å². The fourth-order valence-electron chi connectivity index (χ4n) is 3.22. The topological polar surface area (TPSA) is 67.0 Å². The average Bonchev–Trinajstić information content (AvgIpc) is 2.99. The highest BCUT2D eigenvalue weighted by atomic mass is 16.4. The number of carboxylic acids is 1. The standard InChI is InChI=1S/C22H23N3O2/c1-5-23-24-21-13-18(12-20(16(21)4)22(26)27)17-8-10-19(11-9-17)25-14(2)6-7-15(25)3/h6-13H,5H2,1-4H3,(H,26,27). The summed E-state index contributed by atoms with van der Waals surface area (Å²) in [6.45, 7) is 8.36. The molecule has 0 aliphatic rings. The fourth-order valence-corrected chi connectivity index (χ4v) is 3.22. The average molecular weight is 361 g/mol. The molecule has 138 valence electrons. The molecule has 0 aliphatic heterocycles. The maximum atomic E-state index is 11.6. The predicted molar refractivity (Wildman–Crippen MR) is 107 cm³/mol. The van der Waals surface area contributed by atoms with E-state index in [1.54, 1.807) is 13.0 Å². The van der Waals surface area contributed by atoms with Crippen molar-refractivity contribution in [2.24, 2.45) is 10.2 Å². The number of aryl methyl sites for hydroxylation is 2. The summed E-state index contributed by atoms with van der Waals surface area (Å²) in [5.74, 6) is -0.961. The Bertz CT molecular complexity index is 995. The SMILES string of the molecule is CCN=Nc1cc(-c2ccc(-n3c(C)ccc3C)cc2)cc(C(=O)O)c1C. The van der Waals surface area contributed by atoms with Crippen LogP contribution in [-0.4, -0.2) is 22.2 Å². The zero-order valence-electron chi connectivity index (χ0n) is 16.0. The quantitative estimate of drug-likeness (QED) is 0.577. The molecule has 2 aromatic carbocycles. The minimum Gasteiger partial charge on any atom is -0.478 e. The van der Waals surface area contributed by atoms with Gasteiger partial charge in [0, 0.05) is 17.1 Å². The zero-order valence-corrected chi connectivity index (χ0v) is 16.0. The van der Waals surface area contributed by atoms with E-state index in [2.05, 4.69) is 40.8 Å². The van der Waals surface area contributed by atoms with Crippen LogP contribution >= 0.6 is 0 Å². The second kappa shape index (κ2) is 7.58. The summed E-state index contributed by atoms with van der Waals surface area (Å²) in [5, 5.41) is 17.8. The molecule has 5 nitrogen and oxygen atoms in total. The smallest absolute Gasteiger partial charge is 0.336 e. The second-order valence-electron chi connectivity index (χ2n) is 6.53. The van der Waals surface area contributed by atoms with Crippen LogP contribution in [0.4, 0.5) is 5.69 Å². The Hall–Kier alpha value is -3.21. The van der Waals surface area contributed by atoms with Gasteiger partial charge in [0.1, 0.15) is 0 Å². The van der Waals surface area contributed by atoms with Gasteiger partial charge in [-0.05, 0) is 80.8 Å². The Kier molecular flexibility index (Phi) is 5.21. The van der Waals surface area contributed by atoms with Gasteiger partial charge in [-0.3, -0.25) is 0 Å². The van der Waals surface area contributed by atoms with E-state index in [0.717, 1.165) is 16.8 Å². The molecule has 1 N–H and O–H groups in total. The largest absolute Gasteiger partial charge is 0.478 e. The van der Waals surface area contributed by atoms with Crippen molar-refractivity contribution in [2.75, 3.05) is 6.54 Å². The summed E-state index contributed by atoms with van der Waals surface area (Å²) in [6.07, 6.45) is 0. The van der Waals surface area contributed by atoms with Crippen molar-refractivity contribution < 1.29 is 9.90 Å². The van der Waals surface area contributed by atoms with Crippen LogP contribution in [0.1, 0.15) is 34.2 Å². The van der Waals surface area contributed by atoms with Gasteiger partial charge in [0.15, 0.2) is 0 Å². The number of nitrogens with zero attached hydrogens (tertiary/aromatic N) is 3. The van der Waals surface area contributed by atoms with Crippen molar-refractivity contribution in [1.82, 2.24) is 4.57 Å². The van der Waals surface area contributed by atoms with E-state index < -0.39 is 5.97 Å². The number of azo groups is 1. The van der Waals surface area contributed by atoms with Crippen molar-refractivity contribution in [3.63, 3.8) is 0 Å². The normalized spacial score (nSPS) is 11.3. The van der Waals surface area contributed by atoms with Gasteiger partial charge in [0.2, 0.25) is 0 Å². The molecule has 0 saturated carbocycles. The lowest BCUT2D eigenvalue weighted by molar-refractivity contribution is 0.0696. The molecule has 0 saturated heterocycles. The number of carboxylic acid groups (broad SMARTS) is 1. The first kappa shape index (κ1) is 18.6. The van der Waals surface area contributed by atoms with Crippen molar-refractivity contribution in [1.29, 1.82) is 0 Å². The summed E-state index contributed by atoms with van der Waals surface area (Å²) < 4.78 is 2.18. The minimum absolute atomic E-state index is 0.249. The lowest BCUT2D eigenvalue weighted by Gasteiger charge is -2.12. The molecule has 0 radical (unpaired) electrons. The maximum Gasteiger partial charge on any atom is 0.336 e. The van der Waals surface area contributed by atoms with Crippen LogP contribution in [0, 0.1) is 20.8 Å². The molecule has 5 heteroatoms. The number of hydrogen-bond acceptors (Lipinski definition) is 3. The molecule has 0 bridgehead atoms. The molecule has 1 aromatic heterocycles.